The Labute approximate surface area is 243 Å². The fourth-order valence-corrected chi connectivity index (χ4v) is 7.30. The van der Waals surface area contributed by atoms with Crippen molar-refractivity contribution in [3.8, 4) is 5.75 Å². The van der Waals surface area contributed by atoms with E-state index < -0.39 is 28.9 Å². The summed E-state index contributed by atoms with van der Waals surface area (Å²) < 4.78 is 32.0. The zero-order chi connectivity index (χ0) is 28.4. The number of ether oxygens (including phenoxy) is 5. The van der Waals surface area contributed by atoms with Crippen molar-refractivity contribution >= 4 is 43.5 Å². The van der Waals surface area contributed by atoms with Crippen LogP contribution in [0.2, 0.25) is 0 Å². The molecule has 0 amide bonds. The van der Waals surface area contributed by atoms with Crippen molar-refractivity contribution in [2.24, 2.45) is 0 Å². The summed E-state index contributed by atoms with van der Waals surface area (Å²) in [5, 5.41) is 0.371. The molecule has 3 aromatic rings. The van der Waals surface area contributed by atoms with Crippen LogP contribution in [0.15, 0.2) is 37.6 Å². The number of nitrogens with zero attached hydrogens (tertiary/aromatic N) is 2. The maximum absolute atomic E-state index is 14.4. The van der Waals surface area contributed by atoms with Gasteiger partial charge in [-0.2, -0.15) is 0 Å². The summed E-state index contributed by atoms with van der Waals surface area (Å²) in [6.45, 7) is 3.41. The number of thiophene rings is 1. The fourth-order valence-electron chi connectivity index (χ4n) is 5.61. The number of aryl methyl sites for hydroxylation is 1. The Morgan fingerprint density at radius 3 is 2.60 bits per heavy atom. The molecule has 216 valence electrons. The summed E-state index contributed by atoms with van der Waals surface area (Å²) in [7, 11) is 2.85. The first-order chi connectivity index (χ1) is 19.3. The van der Waals surface area contributed by atoms with E-state index in [4.69, 9.17) is 23.7 Å². The second-order valence-electron chi connectivity index (χ2n) is 10.1. The summed E-state index contributed by atoms with van der Waals surface area (Å²) in [6.07, 6.45) is 1.54. The molecule has 2 saturated heterocycles. The number of rotatable bonds is 8. The number of esters is 1. The van der Waals surface area contributed by atoms with E-state index in [9.17, 15) is 14.4 Å². The molecule has 1 aromatic carbocycles. The van der Waals surface area contributed by atoms with Crippen molar-refractivity contribution in [3.63, 3.8) is 0 Å². The monoisotopic (exact) mass is 636 g/mol. The highest BCUT2D eigenvalue weighted by Crippen LogP contribution is 2.36. The minimum Gasteiger partial charge on any atom is -0.496 e. The highest BCUT2D eigenvalue weighted by atomic mass is 79.9. The maximum Gasteiger partial charge on any atom is 0.334 e. The highest BCUT2D eigenvalue weighted by Gasteiger charge is 2.47. The number of carbonyl (C=O) groups excluding carboxylic acids is 1. The first-order valence-electron chi connectivity index (χ1n) is 13.3. The second kappa shape index (κ2) is 12.2. The molecule has 0 bridgehead atoms. The van der Waals surface area contributed by atoms with Crippen molar-refractivity contribution in [1.29, 1.82) is 0 Å². The Kier molecular flexibility index (Phi) is 8.81. The van der Waals surface area contributed by atoms with Gasteiger partial charge in [0.25, 0.3) is 5.56 Å². The van der Waals surface area contributed by atoms with Crippen molar-refractivity contribution in [1.82, 2.24) is 9.13 Å². The summed E-state index contributed by atoms with van der Waals surface area (Å²) >= 11 is 4.87. The summed E-state index contributed by atoms with van der Waals surface area (Å²) in [4.78, 5) is 42.2. The normalized spacial score (nSPS) is 20.9. The Morgan fingerprint density at radius 1 is 1.18 bits per heavy atom. The van der Waals surface area contributed by atoms with Gasteiger partial charge in [0, 0.05) is 25.4 Å². The van der Waals surface area contributed by atoms with Crippen LogP contribution in [-0.4, -0.2) is 61.9 Å². The molecule has 0 radical (unpaired) electrons. The second-order valence-corrected chi connectivity index (χ2v) is 12.4. The lowest BCUT2D eigenvalue weighted by molar-refractivity contribution is -0.159. The molecule has 2 fully saturated rings. The zero-order valence-electron chi connectivity index (χ0n) is 22.8. The van der Waals surface area contributed by atoms with Crippen LogP contribution in [-0.2, 0) is 35.8 Å². The van der Waals surface area contributed by atoms with Gasteiger partial charge in [0.1, 0.15) is 16.7 Å². The summed E-state index contributed by atoms with van der Waals surface area (Å²) in [5.41, 5.74) is -1.24. The van der Waals surface area contributed by atoms with E-state index in [1.54, 1.807) is 11.7 Å². The zero-order valence-corrected chi connectivity index (χ0v) is 25.2. The van der Waals surface area contributed by atoms with E-state index >= 15 is 0 Å². The molecule has 0 saturated carbocycles. The van der Waals surface area contributed by atoms with E-state index in [-0.39, 0.29) is 25.7 Å². The lowest BCUT2D eigenvalue weighted by Gasteiger charge is -2.35. The quantitative estimate of drug-likeness (QED) is 0.343. The van der Waals surface area contributed by atoms with Gasteiger partial charge in [0.05, 0.1) is 42.6 Å². The Morgan fingerprint density at radius 2 is 1.93 bits per heavy atom. The van der Waals surface area contributed by atoms with Gasteiger partial charge >= 0.3 is 11.7 Å². The van der Waals surface area contributed by atoms with Crippen molar-refractivity contribution in [2.75, 3.05) is 40.6 Å². The molecular formula is C28H33BrN2O8S. The number of hydrogen-bond acceptors (Lipinski definition) is 9. The SMILES string of the molecule is COC(=O)C1(n2c(=O)c3c(C)c(Br)sc3n(C[C@H](OC3CCOCC3)c3ccccc3OC)c2=O)CCCOC1. The van der Waals surface area contributed by atoms with Crippen molar-refractivity contribution in [2.45, 2.75) is 56.9 Å². The molecule has 10 nitrogen and oxygen atoms in total. The van der Waals surface area contributed by atoms with Crippen LogP contribution in [0.25, 0.3) is 10.2 Å². The summed E-state index contributed by atoms with van der Waals surface area (Å²) in [6, 6.07) is 7.55. The van der Waals surface area contributed by atoms with Crippen molar-refractivity contribution < 1.29 is 28.5 Å². The van der Waals surface area contributed by atoms with Crippen LogP contribution in [0.5, 0.6) is 5.75 Å². The predicted molar refractivity (Wildman–Crippen MR) is 153 cm³/mol. The standard InChI is InChI=1S/C28H33BrN2O8S/c1-17-22-24(32)31(28(26(33)36-3)11-6-12-38-16-28)27(34)30(25(22)40-23(17)29)15-21(39-18-9-13-37-14-10-18)19-7-4-5-8-20(19)35-2/h4-5,7-8,18,21H,6,9-16H2,1-3H3/t21-,28?/m0/s1. The third-order valence-corrected chi connectivity index (χ3v) is 9.91. The topological polar surface area (TPSA) is 107 Å². The molecule has 5 rings (SSSR count). The molecule has 12 heteroatoms. The van der Waals surface area contributed by atoms with E-state index in [2.05, 4.69) is 15.9 Å². The third-order valence-electron chi connectivity index (χ3n) is 7.73. The van der Waals surface area contributed by atoms with Crippen LogP contribution in [0.4, 0.5) is 0 Å². The van der Waals surface area contributed by atoms with E-state index in [0.717, 1.165) is 26.8 Å². The minimum absolute atomic E-state index is 0.0780. The smallest absolute Gasteiger partial charge is 0.334 e. The number of hydrogen-bond donors (Lipinski definition) is 0. The molecule has 0 aliphatic carbocycles. The highest BCUT2D eigenvalue weighted by molar-refractivity contribution is 9.11. The van der Waals surface area contributed by atoms with Gasteiger partial charge in [0.2, 0.25) is 0 Å². The van der Waals surface area contributed by atoms with Crippen molar-refractivity contribution in [3.05, 3.63) is 60.0 Å². The number of benzene rings is 1. The molecule has 40 heavy (non-hydrogen) atoms. The lowest BCUT2D eigenvalue weighted by atomic mass is 9.91. The van der Waals surface area contributed by atoms with E-state index in [1.165, 1.54) is 18.4 Å². The molecule has 2 aromatic heterocycles. The Bertz CT molecular complexity index is 1500. The molecule has 2 aliphatic heterocycles. The van der Waals surface area contributed by atoms with Gasteiger partial charge in [0.15, 0.2) is 5.54 Å². The number of carbonyl (C=O) groups is 1. The number of para-hydroxylation sites is 1. The predicted octanol–water partition coefficient (Wildman–Crippen LogP) is 3.92. The van der Waals surface area contributed by atoms with Gasteiger partial charge in [-0.25, -0.2) is 14.2 Å². The van der Waals surface area contributed by atoms with Gasteiger partial charge in [-0.3, -0.25) is 9.36 Å². The van der Waals surface area contributed by atoms with Gasteiger partial charge in [-0.05, 0) is 60.2 Å². The lowest BCUT2D eigenvalue weighted by Crippen LogP contribution is -2.59. The first-order valence-corrected chi connectivity index (χ1v) is 14.9. The van der Waals surface area contributed by atoms with Gasteiger partial charge < -0.3 is 23.7 Å². The molecule has 1 unspecified atom stereocenters. The summed E-state index contributed by atoms with van der Waals surface area (Å²) in [5.74, 6) is -0.0450. The average Bonchev–Trinajstić information content (AvgIpc) is 3.28. The molecule has 4 heterocycles. The van der Waals surface area contributed by atoms with Crippen LogP contribution in [0.1, 0.15) is 42.9 Å². The van der Waals surface area contributed by atoms with Crippen LogP contribution in [0, 0.1) is 6.92 Å². The van der Waals surface area contributed by atoms with Gasteiger partial charge in [-0.1, -0.05) is 18.2 Å². The minimum atomic E-state index is -1.57. The largest absolute Gasteiger partial charge is 0.496 e. The Balaban J connectivity index is 1.73. The molecule has 0 spiro atoms. The first kappa shape index (κ1) is 29.0. The number of fused-ring (bicyclic) bond motifs is 1. The number of halogens is 1. The van der Waals surface area contributed by atoms with E-state index in [0.29, 0.717) is 47.8 Å². The average molecular weight is 638 g/mol. The molecule has 2 aliphatic rings. The van der Waals surface area contributed by atoms with E-state index in [1.807, 2.05) is 31.2 Å². The molecule has 0 N–H and O–H groups in total. The molecular weight excluding hydrogens is 604 g/mol. The maximum atomic E-state index is 14.4. The fraction of sp³-hybridized carbons (Fsp3) is 0.536. The van der Waals surface area contributed by atoms with Crippen LogP contribution >= 0.6 is 27.3 Å². The number of aromatic nitrogens is 2. The van der Waals surface area contributed by atoms with Crippen LogP contribution in [0.3, 0.4) is 0 Å². The van der Waals surface area contributed by atoms with Crippen LogP contribution < -0.4 is 16.0 Å². The Hall–Kier alpha value is -2.51. The third kappa shape index (κ3) is 5.16. The number of methoxy groups -OCH3 is 2. The molecule has 2 atom stereocenters. The van der Waals surface area contributed by atoms with Gasteiger partial charge in [-0.15, -0.1) is 11.3 Å².